The minimum atomic E-state index is 0.455. The summed E-state index contributed by atoms with van der Waals surface area (Å²) in [5, 5.41) is 0.788. The van der Waals surface area contributed by atoms with Crippen molar-refractivity contribution in [3.05, 3.63) is 45.6 Å². The number of nitrogens with zero attached hydrogens (tertiary/aromatic N) is 2. The Morgan fingerprint density at radius 3 is 2.79 bits per heavy atom. The third kappa shape index (κ3) is 2.06. The highest BCUT2D eigenvalue weighted by molar-refractivity contribution is 7.17. The minimum absolute atomic E-state index is 0.455. The molecule has 0 fully saturated rings. The van der Waals surface area contributed by atoms with E-state index in [2.05, 4.69) is 22.4 Å². The number of thiazole rings is 1. The molecule has 0 aliphatic rings. The number of imidazole rings is 1. The van der Waals surface area contributed by atoms with Gasteiger partial charge in [-0.25, -0.2) is 4.98 Å². The SMILES string of the molecule is Cc1cc(-c2c(C)sc3ncc(CCl)n23)ccc1Cl. The molecule has 0 radical (unpaired) electrons. The first-order chi connectivity index (χ1) is 9.11. The number of alkyl halides is 1. The van der Waals surface area contributed by atoms with Gasteiger partial charge in [0.1, 0.15) is 0 Å². The molecule has 3 rings (SSSR count). The van der Waals surface area contributed by atoms with Gasteiger partial charge in [-0.1, -0.05) is 17.7 Å². The van der Waals surface area contributed by atoms with Crippen molar-refractivity contribution in [3.63, 3.8) is 0 Å². The molecule has 3 aromatic rings. The number of rotatable bonds is 2. The van der Waals surface area contributed by atoms with E-state index in [0.717, 1.165) is 32.5 Å². The summed E-state index contributed by atoms with van der Waals surface area (Å²) in [5.74, 6) is 0.455. The van der Waals surface area contributed by atoms with E-state index in [1.54, 1.807) is 11.3 Å². The van der Waals surface area contributed by atoms with E-state index >= 15 is 0 Å². The first-order valence-corrected chi connectivity index (χ1v) is 7.63. The molecule has 0 aliphatic heterocycles. The summed E-state index contributed by atoms with van der Waals surface area (Å²) >= 11 is 13.8. The van der Waals surface area contributed by atoms with Crippen molar-refractivity contribution < 1.29 is 0 Å². The van der Waals surface area contributed by atoms with Crippen LogP contribution in [0.3, 0.4) is 0 Å². The molecule has 0 saturated carbocycles. The van der Waals surface area contributed by atoms with Gasteiger partial charge in [0.25, 0.3) is 0 Å². The molecule has 19 heavy (non-hydrogen) atoms. The topological polar surface area (TPSA) is 17.3 Å². The Bertz CT molecular complexity index is 758. The summed E-state index contributed by atoms with van der Waals surface area (Å²) in [5.41, 5.74) is 4.40. The maximum absolute atomic E-state index is 6.10. The highest BCUT2D eigenvalue weighted by Gasteiger charge is 2.15. The van der Waals surface area contributed by atoms with E-state index in [4.69, 9.17) is 23.2 Å². The lowest BCUT2D eigenvalue weighted by Gasteiger charge is -2.06. The predicted molar refractivity (Wildman–Crippen MR) is 82.5 cm³/mol. The van der Waals surface area contributed by atoms with Crippen LogP contribution in [0.25, 0.3) is 16.2 Å². The van der Waals surface area contributed by atoms with Crippen LogP contribution in [0.1, 0.15) is 16.1 Å². The molecule has 0 unspecified atom stereocenters. The molecule has 1 aromatic carbocycles. The first-order valence-electron chi connectivity index (χ1n) is 5.90. The number of halogens is 2. The van der Waals surface area contributed by atoms with E-state index in [1.165, 1.54) is 4.88 Å². The van der Waals surface area contributed by atoms with Crippen LogP contribution >= 0.6 is 34.5 Å². The Balaban J connectivity index is 2.31. The quantitative estimate of drug-likeness (QED) is 0.604. The number of benzene rings is 1. The minimum Gasteiger partial charge on any atom is -0.286 e. The number of aromatic nitrogens is 2. The zero-order chi connectivity index (χ0) is 13.6. The number of hydrogen-bond donors (Lipinski definition) is 0. The lowest BCUT2D eigenvalue weighted by Crippen LogP contribution is -1.93. The van der Waals surface area contributed by atoms with E-state index in [0.29, 0.717) is 5.88 Å². The molecular weight excluding hydrogens is 299 g/mol. The maximum atomic E-state index is 6.10. The van der Waals surface area contributed by atoms with Gasteiger partial charge >= 0.3 is 0 Å². The van der Waals surface area contributed by atoms with Crippen molar-refractivity contribution in [1.82, 2.24) is 9.38 Å². The van der Waals surface area contributed by atoms with Gasteiger partial charge in [0.2, 0.25) is 0 Å². The van der Waals surface area contributed by atoms with Gasteiger partial charge in [0.15, 0.2) is 4.96 Å². The lowest BCUT2D eigenvalue weighted by molar-refractivity contribution is 1.11. The average molecular weight is 311 g/mol. The van der Waals surface area contributed by atoms with E-state index in [-0.39, 0.29) is 0 Å². The summed E-state index contributed by atoms with van der Waals surface area (Å²) in [4.78, 5) is 6.62. The largest absolute Gasteiger partial charge is 0.286 e. The summed E-state index contributed by atoms with van der Waals surface area (Å²) in [7, 11) is 0. The van der Waals surface area contributed by atoms with Gasteiger partial charge in [-0.05, 0) is 31.5 Å². The molecule has 2 aromatic heterocycles. The van der Waals surface area contributed by atoms with Crippen LogP contribution in [-0.2, 0) is 5.88 Å². The van der Waals surface area contributed by atoms with Crippen LogP contribution in [0.4, 0.5) is 0 Å². The Hall–Kier alpha value is -1.03. The van der Waals surface area contributed by atoms with Crippen LogP contribution in [0.5, 0.6) is 0 Å². The summed E-state index contributed by atoms with van der Waals surface area (Å²) in [6.07, 6.45) is 1.84. The van der Waals surface area contributed by atoms with E-state index in [1.807, 2.05) is 25.3 Å². The van der Waals surface area contributed by atoms with Crippen LogP contribution < -0.4 is 0 Å². The fourth-order valence-corrected chi connectivity index (χ4v) is 3.53. The molecule has 5 heteroatoms. The Morgan fingerprint density at radius 2 is 2.11 bits per heavy atom. The van der Waals surface area contributed by atoms with E-state index < -0.39 is 0 Å². The third-order valence-electron chi connectivity index (χ3n) is 3.17. The second kappa shape index (κ2) is 4.82. The van der Waals surface area contributed by atoms with Gasteiger partial charge < -0.3 is 0 Å². The van der Waals surface area contributed by atoms with Crippen LogP contribution in [0.2, 0.25) is 5.02 Å². The van der Waals surface area contributed by atoms with Gasteiger partial charge in [-0.15, -0.1) is 22.9 Å². The second-order valence-electron chi connectivity index (χ2n) is 4.47. The Morgan fingerprint density at radius 1 is 1.32 bits per heavy atom. The summed E-state index contributed by atoms with van der Waals surface area (Å²) < 4.78 is 2.13. The maximum Gasteiger partial charge on any atom is 0.194 e. The molecule has 0 spiro atoms. The number of fused-ring (bicyclic) bond motifs is 1. The molecule has 2 nitrogen and oxygen atoms in total. The van der Waals surface area contributed by atoms with Gasteiger partial charge in [-0.3, -0.25) is 4.40 Å². The normalized spacial score (nSPS) is 11.4. The van der Waals surface area contributed by atoms with Gasteiger partial charge in [0.05, 0.1) is 23.5 Å². The number of hydrogen-bond acceptors (Lipinski definition) is 2. The van der Waals surface area contributed by atoms with Crippen molar-refractivity contribution in [2.45, 2.75) is 19.7 Å². The predicted octanol–water partition coefficient (Wildman–Crippen LogP) is 5.07. The highest BCUT2D eigenvalue weighted by atomic mass is 35.5. The fraction of sp³-hybridized carbons (Fsp3) is 0.214. The van der Waals surface area contributed by atoms with Crippen molar-refractivity contribution in [3.8, 4) is 11.3 Å². The molecule has 0 amide bonds. The summed E-state index contributed by atoms with van der Waals surface area (Å²) in [6.45, 7) is 4.12. The number of aryl methyl sites for hydroxylation is 2. The third-order valence-corrected chi connectivity index (χ3v) is 4.84. The molecule has 0 N–H and O–H groups in total. The fourth-order valence-electron chi connectivity index (χ4n) is 2.24. The highest BCUT2D eigenvalue weighted by Crippen LogP contribution is 2.34. The first kappa shape index (κ1) is 13.0. The molecule has 0 atom stereocenters. The molecular formula is C14H12Cl2N2S. The molecule has 0 bridgehead atoms. The zero-order valence-electron chi connectivity index (χ0n) is 10.6. The van der Waals surface area contributed by atoms with Gasteiger partial charge in [-0.2, -0.15) is 0 Å². The Labute approximate surface area is 125 Å². The average Bonchev–Trinajstić information content (AvgIpc) is 2.90. The molecule has 98 valence electrons. The smallest absolute Gasteiger partial charge is 0.194 e. The van der Waals surface area contributed by atoms with Crippen LogP contribution in [0.15, 0.2) is 24.4 Å². The van der Waals surface area contributed by atoms with Crippen LogP contribution in [0, 0.1) is 13.8 Å². The zero-order valence-corrected chi connectivity index (χ0v) is 12.9. The molecule has 2 heterocycles. The van der Waals surface area contributed by atoms with Crippen molar-refractivity contribution in [1.29, 1.82) is 0 Å². The van der Waals surface area contributed by atoms with E-state index in [9.17, 15) is 0 Å². The molecule has 0 saturated heterocycles. The lowest BCUT2D eigenvalue weighted by atomic mass is 10.1. The summed E-state index contributed by atoms with van der Waals surface area (Å²) in [6, 6.07) is 6.09. The van der Waals surface area contributed by atoms with Crippen molar-refractivity contribution in [2.24, 2.45) is 0 Å². The van der Waals surface area contributed by atoms with Crippen LogP contribution in [-0.4, -0.2) is 9.38 Å². The van der Waals surface area contributed by atoms with Gasteiger partial charge in [0, 0.05) is 15.5 Å². The monoisotopic (exact) mass is 310 g/mol. The van der Waals surface area contributed by atoms with Crippen molar-refractivity contribution in [2.75, 3.05) is 0 Å². The standard InChI is InChI=1S/C14H12Cl2N2S/c1-8-5-10(3-4-12(8)16)13-9(2)19-14-17-7-11(6-15)18(13)14/h3-5,7H,6H2,1-2H3. The second-order valence-corrected chi connectivity index (χ2v) is 6.33. The Kier molecular flexibility index (Phi) is 3.29. The molecule has 0 aliphatic carbocycles. The van der Waals surface area contributed by atoms with Crippen molar-refractivity contribution >= 4 is 39.5 Å².